The second-order valence-corrected chi connectivity index (χ2v) is 5.80. The summed E-state index contributed by atoms with van der Waals surface area (Å²) in [6, 6.07) is 3.20. The number of halogens is 1. The number of fused-ring (bicyclic) bond motifs is 1. The van der Waals surface area contributed by atoms with Crippen LogP contribution in [0, 0.1) is 17.7 Å². The van der Waals surface area contributed by atoms with E-state index >= 15 is 0 Å². The molecule has 1 aromatic carbocycles. The summed E-state index contributed by atoms with van der Waals surface area (Å²) >= 11 is 0. The lowest BCUT2D eigenvalue weighted by Gasteiger charge is -2.25. The Hall–Kier alpha value is -2.11. The van der Waals surface area contributed by atoms with Crippen LogP contribution in [0.1, 0.15) is 29.6 Å². The maximum absolute atomic E-state index is 13.5. The Labute approximate surface area is 121 Å². The van der Waals surface area contributed by atoms with Gasteiger partial charge in [-0.05, 0) is 36.8 Å². The number of carbonyl (C=O) groups excluding carboxylic acids is 1. The van der Waals surface area contributed by atoms with E-state index in [9.17, 15) is 19.1 Å². The molecule has 1 amide bonds. The van der Waals surface area contributed by atoms with Gasteiger partial charge in [0.05, 0.1) is 11.3 Å². The third-order valence-electron chi connectivity index (χ3n) is 4.69. The minimum absolute atomic E-state index is 0.00114. The van der Waals surface area contributed by atoms with Crippen LogP contribution in [-0.4, -0.2) is 34.5 Å². The molecule has 3 rings (SSSR count). The summed E-state index contributed by atoms with van der Waals surface area (Å²) in [5.74, 6) is -1.92. The molecule has 1 heterocycles. The van der Waals surface area contributed by atoms with Crippen molar-refractivity contribution in [3.05, 3.63) is 29.6 Å². The number of carboxylic acids is 1. The van der Waals surface area contributed by atoms with Gasteiger partial charge in [-0.1, -0.05) is 12.5 Å². The predicted octanol–water partition coefficient (Wildman–Crippen LogP) is 1.73. The lowest BCUT2D eigenvalue weighted by atomic mass is 9.94. The van der Waals surface area contributed by atoms with Gasteiger partial charge in [0.2, 0.25) is 0 Å². The van der Waals surface area contributed by atoms with Crippen LogP contribution in [0.3, 0.4) is 0 Å². The summed E-state index contributed by atoms with van der Waals surface area (Å²) in [4.78, 5) is 25.5. The number of amides is 1. The highest BCUT2D eigenvalue weighted by molar-refractivity contribution is 6.01. The zero-order chi connectivity index (χ0) is 15.1. The Morgan fingerprint density at radius 1 is 1.33 bits per heavy atom. The Kier molecular flexibility index (Phi) is 3.31. The smallest absolute Gasteiger partial charge is 0.326 e. The molecule has 0 bridgehead atoms. The molecule has 1 saturated heterocycles. The van der Waals surface area contributed by atoms with Crippen LogP contribution in [0.25, 0.3) is 0 Å². The van der Waals surface area contributed by atoms with E-state index < -0.39 is 23.7 Å². The first kappa shape index (κ1) is 13.9. The second-order valence-electron chi connectivity index (χ2n) is 5.80. The van der Waals surface area contributed by atoms with Crippen LogP contribution >= 0.6 is 0 Å². The number of benzene rings is 1. The predicted molar refractivity (Wildman–Crippen MR) is 74.1 cm³/mol. The molecular formula is C15H17FN2O3. The first-order valence-electron chi connectivity index (χ1n) is 7.08. The molecular weight excluding hydrogens is 275 g/mol. The number of likely N-dealkylation sites (tertiary alicyclic amines) is 1. The number of para-hydroxylation sites is 1. The number of rotatable bonds is 2. The molecule has 21 heavy (non-hydrogen) atoms. The largest absolute Gasteiger partial charge is 0.480 e. The fraction of sp³-hybridized carbons (Fsp3) is 0.467. The van der Waals surface area contributed by atoms with E-state index in [0.717, 1.165) is 19.3 Å². The zero-order valence-corrected chi connectivity index (χ0v) is 11.5. The number of carbonyl (C=O) groups is 2. The monoisotopic (exact) mass is 292 g/mol. The van der Waals surface area contributed by atoms with Crippen molar-refractivity contribution >= 4 is 17.6 Å². The van der Waals surface area contributed by atoms with Crippen LogP contribution in [0.4, 0.5) is 10.1 Å². The number of carboxylic acid groups (broad SMARTS) is 1. The van der Waals surface area contributed by atoms with Gasteiger partial charge in [0, 0.05) is 6.54 Å². The van der Waals surface area contributed by atoms with Crippen molar-refractivity contribution < 1.29 is 19.1 Å². The Bertz CT molecular complexity index is 605. The summed E-state index contributed by atoms with van der Waals surface area (Å²) in [6.07, 6.45) is 2.77. The molecule has 112 valence electrons. The lowest BCUT2D eigenvalue weighted by Crippen LogP contribution is -2.43. The van der Waals surface area contributed by atoms with Gasteiger partial charge in [-0.2, -0.15) is 0 Å². The summed E-state index contributed by atoms with van der Waals surface area (Å²) < 4.78 is 13.5. The van der Waals surface area contributed by atoms with Gasteiger partial charge < -0.3 is 15.7 Å². The highest BCUT2D eigenvalue weighted by Crippen LogP contribution is 2.43. The standard InChI is InChI=1S/C15H17FN2O3/c16-11-6-2-5-10(12(11)17)14(19)18-7-8-3-1-4-9(8)13(18)15(20)21/h2,5-6,8-9,13H,1,3-4,7,17H2,(H,20,21). The number of anilines is 1. The van der Waals surface area contributed by atoms with Crippen molar-refractivity contribution in [1.29, 1.82) is 0 Å². The van der Waals surface area contributed by atoms with Crippen molar-refractivity contribution in [2.24, 2.45) is 11.8 Å². The maximum Gasteiger partial charge on any atom is 0.326 e. The van der Waals surface area contributed by atoms with Gasteiger partial charge in [0.15, 0.2) is 0 Å². The van der Waals surface area contributed by atoms with Crippen molar-refractivity contribution in [1.82, 2.24) is 4.90 Å². The van der Waals surface area contributed by atoms with Crippen molar-refractivity contribution in [3.63, 3.8) is 0 Å². The SMILES string of the molecule is Nc1c(F)cccc1C(=O)N1CC2CCCC2C1C(=O)O. The Balaban J connectivity index is 1.93. The average Bonchev–Trinajstić information content (AvgIpc) is 3.00. The van der Waals surface area contributed by atoms with E-state index in [1.54, 1.807) is 0 Å². The maximum atomic E-state index is 13.5. The van der Waals surface area contributed by atoms with Crippen LogP contribution in [-0.2, 0) is 4.79 Å². The van der Waals surface area contributed by atoms with Gasteiger partial charge in [0.1, 0.15) is 11.9 Å². The summed E-state index contributed by atoms with van der Waals surface area (Å²) in [5.41, 5.74) is 5.44. The molecule has 2 fully saturated rings. The molecule has 1 aliphatic heterocycles. The number of nitrogen functional groups attached to an aromatic ring is 1. The van der Waals surface area contributed by atoms with Gasteiger partial charge in [-0.15, -0.1) is 0 Å². The van der Waals surface area contributed by atoms with Crippen molar-refractivity contribution in [2.75, 3.05) is 12.3 Å². The van der Waals surface area contributed by atoms with E-state index in [-0.39, 0.29) is 23.1 Å². The van der Waals surface area contributed by atoms with Crippen LogP contribution in [0.5, 0.6) is 0 Å². The normalized spacial score (nSPS) is 27.7. The molecule has 1 saturated carbocycles. The van der Waals surface area contributed by atoms with Gasteiger partial charge in [0.25, 0.3) is 5.91 Å². The highest BCUT2D eigenvalue weighted by atomic mass is 19.1. The first-order valence-corrected chi connectivity index (χ1v) is 7.08. The van der Waals surface area contributed by atoms with E-state index in [1.165, 1.54) is 23.1 Å². The number of nitrogens with two attached hydrogens (primary N) is 1. The van der Waals surface area contributed by atoms with Gasteiger partial charge in [-0.3, -0.25) is 4.79 Å². The van der Waals surface area contributed by atoms with Crippen LogP contribution in [0.15, 0.2) is 18.2 Å². The van der Waals surface area contributed by atoms with Gasteiger partial charge in [-0.25, -0.2) is 9.18 Å². The summed E-state index contributed by atoms with van der Waals surface area (Å²) in [5, 5.41) is 9.45. The quantitative estimate of drug-likeness (QED) is 0.813. The molecule has 5 nitrogen and oxygen atoms in total. The van der Waals surface area contributed by atoms with Crippen LogP contribution in [0.2, 0.25) is 0 Å². The average molecular weight is 292 g/mol. The summed E-state index contributed by atoms with van der Waals surface area (Å²) in [7, 11) is 0. The Morgan fingerprint density at radius 2 is 2.10 bits per heavy atom. The van der Waals surface area contributed by atoms with E-state index in [0.29, 0.717) is 6.54 Å². The van der Waals surface area contributed by atoms with E-state index in [4.69, 9.17) is 5.73 Å². The van der Waals surface area contributed by atoms with E-state index in [1.807, 2.05) is 0 Å². The number of nitrogens with zero attached hydrogens (tertiary/aromatic N) is 1. The fourth-order valence-electron chi connectivity index (χ4n) is 3.71. The lowest BCUT2D eigenvalue weighted by molar-refractivity contribution is -0.142. The third kappa shape index (κ3) is 2.14. The topological polar surface area (TPSA) is 83.6 Å². The number of aliphatic carboxylic acids is 1. The first-order chi connectivity index (χ1) is 10.0. The summed E-state index contributed by atoms with van der Waals surface area (Å²) in [6.45, 7) is 0.413. The van der Waals surface area contributed by atoms with E-state index in [2.05, 4.69) is 0 Å². The fourth-order valence-corrected chi connectivity index (χ4v) is 3.71. The molecule has 0 radical (unpaired) electrons. The van der Waals surface area contributed by atoms with Gasteiger partial charge >= 0.3 is 5.97 Å². The Morgan fingerprint density at radius 3 is 2.81 bits per heavy atom. The third-order valence-corrected chi connectivity index (χ3v) is 4.69. The molecule has 3 atom stereocenters. The molecule has 2 aliphatic rings. The number of hydrogen-bond donors (Lipinski definition) is 2. The molecule has 0 aromatic heterocycles. The molecule has 1 aromatic rings. The molecule has 1 aliphatic carbocycles. The highest BCUT2D eigenvalue weighted by Gasteiger charge is 2.49. The van der Waals surface area contributed by atoms with Crippen molar-refractivity contribution in [3.8, 4) is 0 Å². The van der Waals surface area contributed by atoms with Crippen LogP contribution < -0.4 is 5.73 Å². The molecule has 3 N–H and O–H groups in total. The molecule has 0 spiro atoms. The minimum Gasteiger partial charge on any atom is -0.480 e. The van der Waals surface area contributed by atoms with Crippen molar-refractivity contribution in [2.45, 2.75) is 25.3 Å². The second kappa shape index (κ2) is 5.02. The zero-order valence-electron chi connectivity index (χ0n) is 11.5. The molecule has 3 unspecified atom stereocenters. The number of hydrogen-bond acceptors (Lipinski definition) is 3. The minimum atomic E-state index is -0.993. The molecule has 6 heteroatoms.